The van der Waals surface area contributed by atoms with Gasteiger partial charge in [0.25, 0.3) is 0 Å². The summed E-state index contributed by atoms with van der Waals surface area (Å²) in [5, 5.41) is 10.7. The zero-order valence-electron chi connectivity index (χ0n) is 14.4. The van der Waals surface area contributed by atoms with Gasteiger partial charge in [0.1, 0.15) is 17.5 Å². The fourth-order valence-electron chi connectivity index (χ4n) is 2.30. The van der Waals surface area contributed by atoms with Gasteiger partial charge in [-0.1, -0.05) is 29.8 Å². The largest absolute Gasteiger partial charge is 0.482 e. The average molecular weight is 382 g/mol. The van der Waals surface area contributed by atoms with E-state index in [2.05, 4.69) is 4.98 Å². The number of carbonyl (C=O) groups excluding carboxylic acids is 1. The number of aromatic carboxylic acids is 1. The zero-order valence-corrected chi connectivity index (χ0v) is 14.4. The lowest BCUT2D eigenvalue weighted by atomic mass is 10.0. The molecule has 0 unspecified atom stereocenters. The molecule has 1 heterocycles. The number of alkyl halides is 3. The van der Waals surface area contributed by atoms with Crippen molar-refractivity contribution in [2.24, 2.45) is 0 Å². The van der Waals surface area contributed by atoms with E-state index in [1.165, 1.54) is 19.1 Å². The van der Waals surface area contributed by atoms with Gasteiger partial charge in [-0.15, -0.1) is 0 Å². The van der Waals surface area contributed by atoms with E-state index >= 15 is 0 Å². The fraction of sp³-hybridized carbons (Fsp3) is 0.278. The molecule has 0 spiro atoms. The summed E-state index contributed by atoms with van der Waals surface area (Å²) >= 11 is 0. The van der Waals surface area contributed by atoms with Crippen LogP contribution >= 0.6 is 0 Å². The van der Waals surface area contributed by atoms with Crippen LogP contribution in [0, 0.1) is 6.92 Å². The van der Waals surface area contributed by atoms with Gasteiger partial charge in [0.05, 0.1) is 12.2 Å². The molecular formula is C18H17F3N2O4. The number of ether oxygens (including phenoxy) is 1. The van der Waals surface area contributed by atoms with Crippen molar-refractivity contribution in [2.75, 3.05) is 0 Å². The molecule has 6 nitrogen and oxygen atoms in total. The number of benzene rings is 1. The van der Waals surface area contributed by atoms with Gasteiger partial charge in [-0.25, -0.2) is 9.78 Å². The van der Waals surface area contributed by atoms with Gasteiger partial charge in [0.15, 0.2) is 0 Å². The third kappa shape index (κ3) is 5.44. The molecule has 0 aliphatic rings. The van der Waals surface area contributed by atoms with E-state index in [9.17, 15) is 22.8 Å². The Hall–Kier alpha value is -3.10. The van der Waals surface area contributed by atoms with Crippen LogP contribution in [0.2, 0.25) is 0 Å². The van der Waals surface area contributed by atoms with Gasteiger partial charge >= 0.3 is 18.1 Å². The first-order valence-electron chi connectivity index (χ1n) is 7.88. The van der Waals surface area contributed by atoms with E-state index in [4.69, 9.17) is 9.84 Å². The smallest absolute Gasteiger partial charge is 0.471 e. The number of pyridine rings is 1. The minimum absolute atomic E-state index is 0.152. The van der Waals surface area contributed by atoms with Gasteiger partial charge in [-0.3, -0.25) is 4.79 Å². The highest BCUT2D eigenvalue weighted by Gasteiger charge is 2.40. The fourth-order valence-corrected chi connectivity index (χ4v) is 2.30. The summed E-state index contributed by atoms with van der Waals surface area (Å²) in [6.45, 7) is 3.23. The molecule has 1 aromatic carbocycles. The van der Waals surface area contributed by atoms with E-state index in [1.807, 2.05) is 12.2 Å². The first kappa shape index (κ1) is 20.2. The standard InChI is InChI=1S/C18H17F3N2O4/c1-10-3-5-12(6-4-10)15(11(2)23-17(26)18(19,20)21)27-13-7-8-14(16(24)25)22-9-13/h3-9,11,15H,1-2H3,(H,23,26)(H,24,25)/t11-,15-/m0/s1. The third-order valence-electron chi connectivity index (χ3n) is 3.69. The van der Waals surface area contributed by atoms with Crippen molar-refractivity contribution >= 4 is 11.9 Å². The summed E-state index contributed by atoms with van der Waals surface area (Å²) in [7, 11) is 0. The minimum Gasteiger partial charge on any atom is -0.482 e. The maximum atomic E-state index is 12.6. The monoisotopic (exact) mass is 382 g/mol. The quantitative estimate of drug-likeness (QED) is 0.801. The molecule has 1 aromatic heterocycles. The molecule has 2 rings (SSSR count). The van der Waals surface area contributed by atoms with Crippen LogP contribution < -0.4 is 10.1 Å². The van der Waals surface area contributed by atoms with Gasteiger partial charge in [0.2, 0.25) is 0 Å². The number of hydrogen-bond donors (Lipinski definition) is 2. The summed E-state index contributed by atoms with van der Waals surface area (Å²) in [5.41, 5.74) is 1.28. The van der Waals surface area contributed by atoms with Crippen LogP contribution in [0.5, 0.6) is 5.75 Å². The second kappa shape index (κ2) is 8.07. The Morgan fingerprint density at radius 1 is 1.15 bits per heavy atom. The SMILES string of the molecule is Cc1ccc([C@@H](Oc2ccc(C(=O)O)nc2)[C@H](C)NC(=O)C(F)(F)F)cc1. The molecule has 27 heavy (non-hydrogen) atoms. The Bertz CT molecular complexity index is 805. The second-order valence-electron chi connectivity index (χ2n) is 5.89. The molecule has 0 fully saturated rings. The second-order valence-corrected chi connectivity index (χ2v) is 5.89. The van der Waals surface area contributed by atoms with Crippen molar-refractivity contribution in [2.45, 2.75) is 32.2 Å². The normalized spacial score (nSPS) is 13.5. The van der Waals surface area contributed by atoms with Gasteiger partial charge in [-0.2, -0.15) is 13.2 Å². The number of halogens is 3. The van der Waals surface area contributed by atoms with E-state index in [0.29, 0.717) is 5.56 Å². The Balaban J connectivity index is 2.27. The lowest BCUT2D eigenvalue weighted by Gasteiger charge is -2.27. The first-order valence-corrected chi connectivity index (χ1v) is 7.88. The summed E-state index contributed by atoms with van der Waals surface area (Å²) < 4.78 is 43.4. The summed E-state index contributed by atoms with van der Waals surface area (Å²) in [5.74, 6) is -3.14. The molecule has 0 saturated carbocycles. The summed E-state index contributed by atoms with van der Waals surface area (Å²) in [4.78, 5) is 25.8. The third-order valence-corrected chi connectivity index (χ3v) is 3.69. The number of nitrogens with zero attached hydrogens (tertiary/aromatic N) is 1. The Morgan fingerprint density at radius 3 is 2.26 bits per heavy atom. The van der Waals surface area contributed by atoms with Gasteiger partial charge in [0, 0.05) is 0 Å². The molecule has 0 aliphatic carbocycles. The lowest BCUT2D eigenvalue weighted by molar-refractivity contribution is -0.174. The van der Waals surface area contributed by atoms with E-state index < -0.39 is 30.2 Å². The van der Waals surface area contributed by atoms with Crippen LogP contribution in [-0.4, -0.2) is 34.2 Å². The van der Waals surface area contributed by atoms with Crippen molar-refractivity contribution in [1.29, 1.82) is 0 Å². The highest BCUT2D eigenvalue weighted by Crippen LogP contribution is 2.26. The Kier molecular flexibility index (Phi) is 6.04. The van der Waals surface area contributed by atoms with E-state index in [1.54, 1.807) is 24.3 Å². The number of hydrogen-bond acceptors (Lipinski definition) is 4. The number of rotatable bonds is 6. The molecule has 2 N–H and O–H groups in total. The first-order chi connectivity index (χ1) is 12.6. The maximum Gasteiger partial charge on any atom is 0.471 e. The van der Waals surface area contributed by atoms with Crippen LogP contribution in [0.4, 0.5) is 13.2 Å². The number of nitrogens with one attached hydrogen (secondary N) is 1. The van der Waals surface area contributed by atoms with Gasteiger partial charge in [-0.05, 0) is 31.5 Å². The molecule has 0 bridgehead atoms. The number of carbonyl (C=O) groups is 2. The lowest BCUT2D eigenvalue weighted by Crippen LogP contribution is -2.45. The highest BCUT2D eigenvalue weighted by atomic mass is 19.4. The van der Waals surface area contributed by atoms with Crippen LogP contribution in [0.25, 0.3) is 0 Å². The minimum atomic E-state index is -5.02. The number of amides is 1. The molecule has 0 aliphatic heterocycles. The number of carboxylic acids is 1. The number of aryl methyl sites for hydroxylation is 1. The van der Waals surface area contributed by atoms with Crippen molar-refractivity contribution in [1.82, 2.24) is 10.3 Å². The molecule has 144 valence electrons. The summed E-state index contributed by atoms with van der Waals surface area (Å²) in [6.07, 6.45) is -4.81. The Labute approximate surface area is 153 Å². The van der Waals surface area contributed by atoms with Crippen molar-refractivity contribution in [3.8, 4) is 5.75 Å². The molecule has 0 saturated heterocycles. The summed E-state index contributed by atoms with van der Waals surface area (Å²) in [6, 6.07) is 8.40. The van der Waals surface area contributed by atoms with Crippen LogP contribution in [0.3, 0.4) is 0 Å². The topological polar surface area (TPSA) is 88.5 Å². The Morgan fingerprint density at radius 2 is 1.78 bits per heavy atom. The van der Waals surface area contributed by atoms with Gasteiger partial charge < -0.3 is 15.2 Å². The molecule has 2 aromatic rings. The van der Waals surface area contributed by atoms with Crippen LogP contribution in [0.1, 0.15) is 34.6 Å². The van der Waals surface area contributed by atoms with Crippen molar-refractivity contribution in [3.05, 3.63) is 59.4 Å². The van der Waals surface area contributed by atoms with E-state index in [0.717, 1.165) is 11.8 Å². The average Bonchev–Trinajstić information content (AvgIpc) is 2.60. The molecule has 0 radical (unpaired) electrons. The van der Waals surface area contributed by atoms with Crippen LogP contribution in [-0.2, 0) is 4.79 Å². The molecule has 2 atom stereocenters. The number of aromatic nitrogens is 1. The molecule has 1 amide bonds. The van der Waals surface area contributed by atoms with Crippen molar-refractivity contribution < 1.29 is 32.6 Å². The zero-order chi connectivity index (χ0) is 20.2. The highest BCUT2D eigenvalue weighted by molar-refractivity contribution is 5.85. The van der Waals surface area contributed by atoms with E-state index in [-0.39, 0.29) is 11.4 Å². The van der Waals surface area contributed by atoms with Crippen molar-refractivity contribution in [3.63, 3.8) is 0 Å². The maximum absolute atomic E-state index is 12.6. The molecule has 9 heteroatoms. The predicted octanol–water partition coefficient (Wildman–Crippen LogP) is 3.28. The number of carboxylic acid groups (broad SMARTS) is 1. The predicted molar refractivity (Wildman–Crippen MR) is 89.4 cm³/mol. The van der Waals surface area contributed by atoms with Crippen LogP contribution in [0.15, 0.2) is 42.6 Å². The molecular weight excluding hydrogens is 365 g/mol.